The summed E-state index contributed by atoms with van der Waals surface area (Å²) < 4.78 is 5.44. The van der Waals surface area contributed by atoms with Crippen LogP contribution in [0.2, 0.25) is 0 Å². The molecule has 4 nitrogen and oxygen atoms in total. The lowest BCUT2D eigenvalue weighted by atomic mass is 9.92. The third kappa shape index (κ3) is 3.51. The molecule has 104 valence electrons. The molecule has 19 heavy (non-hydrogen) atoms. The summed E-state index contributed by atoms with van der Waals surface area (Å²) in [6, 6.07) is 2.07. The average molecular weight is 261 g/mol. The van der Waals surface area contributed by atoms with Gasteiger partial charge in [0.1, 0.15) is 6.33 Å². The fourth-order valence-corrected chi connectivity index (χ4v) is 3.30. The highest BCUT2D eigenvalue weighted by Crippen LogP contribution is 2.26. The van der Waals surface area contributed by atoms with Gasteiger partial charge in [0.05, 0.1) is 0 Å². The van der Waals surface area contributed by atoms with E-state index in [0.717, 1.165) is 25.7 Å². The molecule has 1 aromatic heterocycles. The fourth-order valence-electron chi connectivity index (χ4n) is 3.30. The Labute approximate surface area is 115 Å². The molecule has 2 fully saturated rings. The number of ether oxygens (including phenoxy) is 1. The molecule has 0 N–H and O–H groups in total. The third-order valence-corrected chi connectivity index (χ3v) is 4.39. The minimum absolute atomic E-state index is 0.594. The molecule has 2 aliphatic heterocycles. The van der Waals surface area contributed by atoms with Gasteiger partial charge in [0.2, 0.25) is 0 Å². The summed E-state index contributed by atoms with van der Waals surface area (Å²) in [6.07, 6.45) is 8.55. The molecule has 3 heterocycles. The highest BCUT2D eigenvalue weighted by atomic mass is 16.5. The molecule has 1 unspecified atom stereocenters. The van der Waals surface area contributed by atoms with Crippen LogP contribution in [0.3, 0.4) is 0 Å². The highest BCUT2D eigenvalue weighted by Gasteiger charge is 2.25. The van der Waals surface area contributed by atoms with Gasteiger partial charge in [-0.15, -0.1) is 0 Å². The molecule has 0 bridgehead atoms. The van der Waals surface area contributed by atoms with Gasteiger partial charge in [-0.05, 0) is 44.2 Å². The summed E-state index contributed by atoms with van der Waals surface area (Å²) in [4.78, 5) is 11.1. The van der Waals surface area contributed by atoms with Crippen LogP contribution < -0.4 is 0 Å². The van der Waals surface area contributed by atoms with Gasteiger partial charge < -0.3 is 9.64 Å². The van der Waals surface area contributed by atoms with Crippen LogP contribution in [0.5, 0.6) is 0 Å². The molecule has 0 aromatic carbocycles. The Bertz CT molecular complexity index is 378. The zero-order valence-electron chi connectivity index (χ0n) is 11.5. The van der Waals surface area contributed by atoms with E-state index >= 15 is 0 Å². The maximum absolute atomic E-state index is 5.44. The third-order valence-electron chi connectivity index (χ3n) is 4.39. The first-order valence-corrected chi connectivity index (χ1v) is 7.48. The van der Waals surface area contributed by atoms with Crippen molar-refractivity contribution in [3.05, 3.63) is 24.3 Å². The Morgan fingerprint density at radius 2 is 2.16 bits per heavy atom. The van der Waals surface area contributed by atoms with Crippen molar-refractivity contribution in [3.63, 3.8) is 0 Å². The number of nitrogens with zero attached hydrogens (tertiary/aromatic N) is 3. The van der Waals surface area contributed by atoms with Crippen LogP contribution in [0, 0.1) is 5.92 Å². The summed E-state index contributed by atoms with van der Waals surface area (Å²) in [5.41, 5.74) is 1.21. The standard InChI is InChI=1S/C15H23N3O/c1-2-14(15-3-6-16-12-17-15)11-18(7-1)10-13-4-8-19-9-5-13/h3,6,12-14H,1-2,4-5,7-11H2. The van der Waals surface area contributed by atoms with E-state index < -0.39 is 0 Å². The summed E-state index contributed by atoms with van der Waals surface area (Å²) in [5, 5.41) is 0. The lowest BCUT2D eigenvalue weighted by molar-refractivity contribution is 0.0482. The van der Waals surface area contributed by atoms with Crippen molar-refractivity contribution in [2.45, 2.75) is 31.6 Å². The lowest BCUT2D eigenvalue weighted by Gasteiger charge is -2.35. The predicted octanol–water partition coefficient (Wildman–Crippen LogP) is 2.08. The van der Waals surface area contributed by atoms with E-state index in [1.165, 1.54) is 44.5 Å². The maximum atomic E-state index is 5.44. The number of likely N-dealkylation sites (tertiary alicyclic amines) is 1. The Kier molecular flexibility index (Phi) is 4.41. The van der Waals surface area contributed by atoms with Crippen LogP contribution in [0.4, 0.5) is 0 Å². The van der Waals surface area contributed by atoms with Crippen LogP contribution >= 0.6 is 0 Å². The minimum Gasteiger partial charge on any atom is -0.381 e. The summed E-state index contributed by atoms with van der Waals surface area (Å²) in [7, 11) is 0. The van der Waals surface area contributed by atoms with E-state index in [1.807, 2.05) is 6.20 Å². The topological polar surface area (TPSA) is 38.2 Å². The monoisotopic (exact) mass is 261 g/mol. The molecule has 3 rings (SSSR count). The summed E-state index contributed by atoms with van der Waals surface area (Å²) >= 11 is 0. The van der Waals surface area contributed by atoms with Crippen molar-refractivity contribution < 1.29 is 4.74 Å². The van der Waals surface area contributed by atoms with Gasteiger partial charge in [0.15, 0.2) is 0 Å². The predicted molar refractivity (Wildman–Crippen MR) is 74.0 cm³/mol. The van der Waals surface area contributed by atoms with Crippen molar-refractivity contribution >= 4 is 0 Å². The van der Waals surface area contributed by atoms with Crippen molar-refractivity contribution in [1.82, 2.24) is 14.9 Å². The maximum Gasteiger partial charge on any atom is 0.115 e. The molecule has 1 aromatic rings. The summed E-state index contributed by atoms with van der Waals surface area (Å²) in [5.74, 6) is 1.43. The van der Waals surface area contributed by atoms with E-state index in [2.05, 4.69) is 20.9 Å². The summed E-state index contributed by atoms with van der Waals surface area (Å²) in [6.45, 7) is 5.56. The second-order valence-electron chi connectivity index (χ2n) is 5.79. The molecule has 1 atom stereocenters. The molecule has 4 heteroatoms. The Morgan fingerprint density at radius 3 is 2.95 bits per heavy atom. The van der Waals surface area contributed by atoms with Crippen molar-refractivity contribution in [2.75, 3.05) is 32.8 Å². The van der Waals surface area contributed by atoms with Gasteiger partial charge in [-0.2, -0.15) is 0 Å². The van der Waals surface area contributed by atoms with Crippen LogP contribution in [-0.2, 0) is 4.74 Å². The average Bonchev–Trinajstić information content (AvgIpc) is 2.49. The Morgan fingerprint density at radius 1 is 1.26 bits per heavy atom. The van der Waals surface area contributed by atoms with Crippen molar-refractivity contribution in [1.29, 1.82) is 0 Å². The van der Waals surface area contributed by atoms with Crippen LogP contribution in [0.25, 0.3) is 0 Å². The number of hydrogen-bond acceptors (Lipinski definition) is 4. The van der Waals surface area contributed by atoms with Crippen LogP contribution in [-0.4, -0.2) is 47.7 Å². The largest absolute Gasteiger partial charge is 0.381 e. The van der Waals surface area contributed by atoms with Crippen molar-refractivity contribution in [3.8, 4) is 0 Å². The van der Waals surface area contributed by atoms with E-state index in [4.69, 9.17) is 4.74 Å². The quantitative estimate of drug-likeness (QED) is 0.835. The first kappa shape index (κ1) is 13.0. The van der Waals surface area contributed by atoms with Crippen LogP contribution in [0.1, 0.15) is 37.3 Å². The molecule has 2 aliphatic rings. The molecular formula is C15H23N3O. The van der Waals surface area contributed by atoms with Crippen LogP contribution in [0.15, 0.2) is 18.6 Å². The molecule has 2 saturated heterocycles. The first-order valence-electron chi connectivity index (χ1n) is 7.48. The van der Waals surface area contributed by atoms with Gasteiger partial charge in [-0.1, -0.05) is 0 Å². The Balaban J connectivity index is 1.55. The molecule has 0 aliphatic carbocycles. The number of rotatable bonds is 3. The fraction of sp³-hybridized carbons (Fsp3) is 0.733. The SMILES string of the molecule is c1cc(C2CCCN(CC3CCOCC3)C2)ncn1. The van der Waals surface area contributed by atoms with E-state index in [0.29, 0.717) is 5.92 Å². The van der Waals surface area contributed by atoms with Crippen molar-refractivity contribution in [2.24, 2.45) is 5.92 Å². The second-order valence-corrected chi connectivity index (χ2v) is 5.79. The van der Waals surface area contributed by atoms with Gasteiger partial charge in [-0.25, -0.2) is 9.97 Å². The number of piperidine rings is 1. The van der Waals surface area contributed by atoms with E-state index in [-0.39, 0.29) is 0 Å². The molecular weight excluding hydrogens is 238 g/mol. The van der Waals surface area contributed by atoms with E-state index in [1.54, 1.807) is 6.33 Å². The first-order chi connectivity index (χ1) is 9.42. The molecule has 0 radical (unpaired) electrons. The minimum atomic E-state index is 0.594. The van der Waals surface area contributed by atoms with Gasteiger partial charge in [0.25, 0.3) is 0 Å². The number of aromatic nitrogens is 2. The molecule has 0 amide bonds. The van der Waals surface area contributed by atoms with Gasteiger partial charge in [0, 0.05) is 44.1 Å². The number of hydrogen-bond donors (Lipinski definition) is 0. The lowest BCUT2D eigenvalue weighted by Crippen LogP contribution is -2.39. The van der Waals surface area contributed by atoms with E-state index in [9.17, 15) is 0 Å². The highest BCUT2D eigenvalue weighted by molar-refractivity contribution is 5.07. The smallest absolute Gasteiger partial charge is 0.115 e. The Hall–Kier alpha value is -1.00. The molecule has 0 spiro atoms. The molecule has 0 saturated carbocycles. The zero-order chi connectivity index (χ0) is 12.9. The normalized spacial score (nSPS) is 26.4. The zero-order valence-corrected chi connectivity index (χ0v) is 11.5. The van der Waals surface area contributed by atoms with Gasteiger partial charge >= 0.3 is 0 Å². The van der Waals surface area contributed by atoms with Gasteiger partial charge in [-0.3, -0.25) is 0 Å². The second kappa shape index (κ2) is 6.44.